The van der Waals surface area contributed by atoms with Gasteiger partial charge in [0.1, 0.15) is 0 Å². The van der Waals surface area contributed by atoms with Crippen LogP contribution in [-0.2, 0) is 17.6 Å². The van der Waals surface area contributed by atoms with Crippen molar-refractivity contribution in [2.24, 2.45) is 10.9 Å². The maximum atomic E-state index is 6.45. The summed E-state index contributed by atoms with van der Waals surface area (Å²) < 4.78 is 7.86. The Hall–Kier alpha value is -1.08. The van der Waals surface area contributed by atoms with Gasteiger partial charge < -0.3 is 9.13 Å². The summed E-state index contributed by atoms with van der Waals surface area (Å²) in [5.41, 5.74) is 1.31. The van der Waals surface area contributed by atoms with Gasteiger partial charge in [0.15, 0.2) is 18.7 Å². The molecule has 1 spiro atoms. The Kier molecular flexibility index (Phi) is 3.08. The van der Waals surface area contributed by atoms with E-state index in [4.69, 9.17) is 14.7 Å². The number of nitrogens with zero attached hydrogens (tertiary/aromatic N) is 3. The number of aryl methyl sites for hydroxylation is 2. The summed E-state index contributed by atoms with van der Waals surface area (Å²) in [5, 5.41) is 4.37. The van der Waals surface area contributed by atoms with Gasteiger partial charge in [0.05, 0.1) is 18.8 Å². The number of piperidine rings is 3. The highest BCUT2D eigenvalue weighted by Gasteiger charge is 2.55. The molecule has 5 heterocycles. The minimum absolute atomic E-state index is 0.0114. The fourth-order valence-electron chi connectivity index (χ4n) is 4.44. The molecule has 5 aliphatic rings. The molecule has 0 amide bonds. The zero-order chi connectivity index (χ0) is 15.5. The largest absolute Gasteiger partial charge is 0.519 e. The van der Waals surface area contributed by atoms with Crippen molar-refractivity contribution in [2.75, 3.05) is 31.5 Å². The second kappa shape index (κ2) is 4.96. The first-order valence-electron chi connectivity index (χ1n) is 8.52. The molecule has 1 atom stereocenters. The number of anilines is 1. The standard InChI is InChI=1S/C16H25BN4OS/c17-21-7-5-11(6-8-21)16(10-21)9-18-14(22-16)20-15-19-12-3-1-2-4-13(12)23-15/h11H,1-10H2,17H3,(H,18,19,20). The fourth-order valence-corrected chi connectivity index (χ4v) is 5.48. The molecule has 2 bridgehead atoms. The monoisotopic (exact) mass is 332 g/mol. The van der Waals surface area contributed by atoms with E-state index in [1.165, 1.54) is 66.7 Å². The SMILES string of the molecule is [BH3-][N+]12CCC(CC1)C1(CN=C(Nc3nc4c(s3)CCCC4)O1)C2. The van der Waals surface area contributed by atoms with E-state index in [9.17, 15) is 0 Å². The van der Waals surface area contributed by atoms with E-state index in [-0.39, 0.29) is 5.60 Å². The zero-order valence-corrected chi connectivity index (χ0v) is 13.6. The number of ether oxygens (including phenoxy) is 1. The Morgan fingerprint density at radius 1 is 1.26 bits per heavy atom. The van der Waals surface area contributed by atoms with Gasteiger partial charge in [-0.05, 0) is 38.5 Å². The highest BCUT2D eigenvalue weighted by atomic mass is 32.1. The van der Waals surface area contributed by atoms with Crippen LogP contribution in [0.15, 0.2) is 4.99 Å². The topological polar surface area (TPSA) is 46.5 Å². The molecule has 0 aromatic carbocycles. The molecule has 1 aromatic rings. The number of amidine groups is 1. The maximum absolute atomic E-state index is 6.45. The van der Waals surface area contributed by atoms with Crippen LogP contribution in [0.4, 0.5) is 5.13 Å². The molecule has 1 aliphatic carbocycles. The zero-order valence-electron chi connectivity index (χ0n) is 12.8. The highest BCUT2D eigenvalue weighted by Crippen LogP contribution is 2.43. The van der Waals surface area contributed by atoms with Crippen LogP contribution in [0.25, 0.3) is 0 Å². The van der Waals surface area contributed by atoms with Gasteiger partial charge >= 0.3 is 0 Å². The van der Waals surface area contributed by atoms with Crippen LogP contribution in [0.5, 0.6) is 0 Å². The van der Waals surface area contributed by atoms with Crippen molar-refractivity contribution in [3.63, 3.8) is 0 Å². The number of aliphatic imine (C=N–C) groups is 1. The first-order valence-corrected chi connectivity index (χ1v) is 9.34. The van der Waals surface area contributed by atoms with Gasteiger partial charge in [0.2, 0.25) is 0 Å². The first-order chi connectivity index (χ1) is 11.1. The van der Waals surface area contributed by atoms with Crippen LogP contribution < -0.4 is 5.32 Å². The van der Waals surface area contributed by atoms with E-state index in [0.717, 1.165) is 24.1 Å². The van der Waals surface area contributed by atoms with Crippen molar-refractivity contribution in [2.45, 2.75) is 44.1 Å². The number of hydrogen-bond acceptors (Lipinski definition) is 5. The first kappa shape index (κ1) is 14.3. The minimum atomic E-state index is 0.0114. The van der Waals surface area contributed by atoms with Crippen LogP contribution in [0.3, 0.4) is 0 Å². The Labute approximate surface area is 142 Å². The molecule has 0 saturated carbocycles. The molecule has 4 aliphatic heterocycles. The van der Waals surface area contributed by atoms with Crippen LogP contribution in [-0.4, -0.2) is 55.2 Å². The summed E-state index contributed by atoms with van der Waals surface area (Å²) in [5.74, 6) is 0.716. The Balaban J connectivity index is 1.31. The molecule has 5 nitrogen and oxygen atoms in total. The van der Waals surface area contributed by atoms with E-state index in [1.807, 2.05) is 0 Å². The second-order valence-corrected chi connectivity index (χ2v) is 8.14. The number of hydrogen-bond donors (Lipinski definition) is 1. The normalized spacial score (nSPS) is 38.3. The third-order valence-corrected chi connectivity index (χ3v) is 6.75. The highest BCUT2D eigenvalue weighted by molar-refractivity contribution is 7.15. The van der Waals surface area contributed by atoms with Crippen LogP contribution >= 0.6 is 11.3 Å². The number of quaternary nitrogens is 1. The van der Waals surface area contributed by atoms with Crippen molar-refractivity contribution in [1.29, 1.82) is 0 Å². The Morgan fingerprint density at radius 2 is 2.09 bits per heavy atom. The summed E-state index contributed by atoms with van der Waals surface area (Å²) in [7, 11) is 0.318. The molecule has 1 unspecified atom stereocenters. The number of fused-ring (bicyclic) bond motifs is 3. The van der Waals surface area contributed by atoms with Gasteiger partial charge in [-0.15, -0.1) is 11.3 Å². The van der Waals surface area contributed by atoms with E-state index < -0.39 is 0 Å². The molecule has 6 rings (SSSR count). The third-order valence-electron chi connectivity index (χ3n) is 5.67. The van der Waals surface area contributed by atoms with Gasteiger partial charge in [-0.3, -0.25) is 5.32 Å². The molecule has 7 heteroatoms. The van der Waals surface area contributed by atoms with Gasteiger partial charge in [-0.2, -0.15) is 0 Å². The predicted octanol–water partition coefficient (Wildman–Crippen LogP) is 1.08. The van der Waals surface area contributed by atoms with Gasteiger partial charge in [0, 0.05) is 23.9 Å². The smallest absolute Gasteiger partial charge is 0.292 e. The summed E-state index contributed by atoms with van der Waals surface area (Å²) in [6.07, 6.45) is 7.60. The number of thiazole rings is 1. The van der Waals surface area contributed by atoms with Crippen molar-refractivity contribution < 1.29 is 9.13 Å². The third kappa shape index (κ3) is 2.31. The van der Waals surface area contributed by atoms with E-state index in [2.05, 4.69) is 5.32 Å². The van der Waals surface area contributed by atoms with Gasteiger partial charge in [-0.1, -0.05) is 0 Å². The minimum Gasteiger partial charge on any atom is -0.519 e. The summed E-state index contributed by atoms with van der Waals surface area (Å²) >= 11 is 1.80. The molecular weight excluding hydrogens is 307 g/mol. The van der Waals surface area contributed by atoms with Crippen LogP contribution in [0.1, 0.15) is 36.3 Å². The van der Waals surface area contributed by atoms with Crippen LogP contribution in [0, 0.1) is 5.92 Å². The lowest BCUT2D eigenvalue weighted by Crippen LogP contribution is -2.69. The molecule has 124 valence electrons. The average molecular weight is 332 g/mol. The quantitative estimate of drug-likeness (QED) is 0.783. The molecule has 3 fully saturated rings. The van der Waals surface area contributed by atoms with Gasteiger partial charge in [0.25, 0.3) is 6.02 Å². The van der Waals surface area contributed by atoms with E-state index in [1.54, 1.807) is 11.3 Å². The second-order valence-electron chi connectivity index (χ2n) is 7.06. The fraction of sp³-hybridized carbons (Fsp3) is 0.750. The Morgan fingerprint density at radius 3 is 2.87 bits per heavy atom. The van der Waals surface area contributed by atoms with Crippen molar-refractivity contribution >= 4 is 30.5 Å². The predicted molar refractivity (Wildman–Crippen MR) is 96.0 cm³/mol. The van der Waals surface area contributed by atoms with E-state index >= 15 is 0 Å². The molecule has 1 aromatic heterocycles. The summed E-state index contributed by atoms with van der Waals surface area (Å²) in [6.45, 7) is 4.91. The maximum Gasteiger partial charge on any atom is 0.292 e. The molecule has 3 saturated heterocycles. The molecule has 0 radical (unpaired) electrons. The molecule has 1 N–H and O–H groups in total. The lowest BCUT2D eigenvalue weighted by atomic mass is 9.72. The molecular formula is C16H25BN4OS. The summed E-state index contributed by atoms with van der Waals surface area (Å²) in [6, 6.07) is 0.733. The number of rotatable bonds is 1. The lowest BCUT2D eigenvalue weighted by Gasteiger charge is -2.60. The van der Waals surface area contributed by atoms with Gasteiger partial charge in [-0.25, -0.2) is 9.98 Å². The van der Waals surface area contributed by atoms with Crippen LogP contribution in [0.2, 0.25) is 0 Å². The number of nitrogens with one attached hydrogen (secondary N) is 1. The number of aromatic nitrogens is 1. The van der Waals surface area contributed by atoms with Crippen molar-refractivity contribution in [1.82, 2.24) is 4.98 Å². The Bertz CT molecular complexity index is 644. The lowest BCUT2D eigenvalue weighted by molar-refractivity contribution is -0.845. The summed E-state index contributed by atoms with van der Waals surface area (Å²) in [4.78, 5) is 11.0. The average Bonchev–Trinajstić information content (AvgIpc) is 3.11. The van der Waals surface area contributed by atoms with Crippen molar-refractivity contribution in [3.8, 4) is 0 Å². The molecule has 23 heavy (non-hydrogen) atoms. The van der Waals surface area contributed by atoms with E-state index in [0.29, 0.717) is 13.9 Å². The van der Waals surface area contributed by atoms with Crippen molar-refractivity contribution in [3.05, 3.63) is 10.6 Å².